The first-order chi connectivity index (χ1) is 14.2. The van der Waals surface area contributed by atoms with Crippen molar-refractivity contribution in [3.05, 3.63) is 112 Å². The van der Waals surface area contributed by atoms with E-state index in [0.717, 1.165) is 16.6 Å². The van der Waals surface area contributed by atoms with Gasteiger partial charge in [0.25, 0.3) is 5.56 Å². The van der Waals surface area contributed by atoms with Crippen molar-refractivity contribution in [2.45, 2.75) is 0 Å². The van der Waals surface area contributed by atoms with E-state index in [4.69, 9.17) is 9.47 Å². The molecular formula is C22H17N3O4W. The van der Waals surface area contributed by atoms with E-state index in [0.29, 0.717) is 17.2 Å². The van der Waals surface area contributed by atoms with Crippen LogP contribution in [0.1, 0.15) is 0 Å². The SMILES string of the molecule is COc1cc[c-]cc1Oc1ccccc1.O=c1cnn(-c2cc[c-]cc2)c(=O)[nH]1.[W+2]. The molecule has 0 saturated carbocycles. The molecule has 30 heavy (non-hydrogen) atoms. The molecule has 0 unspecified atom stereocenters. The van der Waals surface area contributed by atoms with Crippen molar-refractivity contribution in [3.8, 4) is 22.9 Å². The third kappa shape index (κ3) is 6.29. The molecule has 0 saturated heterocycles. The van der Waals surface area contributed by atoms with Gasteiger partial charge in [-0.3, -0.25) is 9.78 Å². The molecule has 0 fully saturated rings. The van der Waals surface area contributed by atoms with Gasteiger partial charge in [0.1, 0.15) is 11.9 Å². The summed E-state index contributed by atoms with van der Waals surface area (Å²) in [6.07, 6.45) is 1.05. The zero-order valence-corrected chi connectivity index (χ0v) is 18.9. The van der Waals surface area contributed by atoms with Crippen LogP contribution in [-0.2, 0) is 21.1 Å². The standard InChI is InChI=1S/C13H11O2.C9H6N3O2.W/c1-14-12-9-5-6-10-13(12)15-11-7-3-2-4-8-11;13-8-6-10-12(9(14)11-8)7-4-2-1-3-5-7;/h2-5,7-10H,1H3;2-6H,(H,11,13,14);/q2*-1;+2. The maximum absolute atomic E-state index is 11.3. The molecule has 0 aliphatic rings. The Morgan fingerprint density at radius 3 is 2.30 bits per heavy atom. The fraction of sp³-hybridized carbons (Fsp3) is 0.0455. The fourth-order valence-corrected chi connectivity index (χ4v) is 2.32. The minimum Gasteiger partial charge on any atom is -0.519 e. The fourth-order valence-electron chi connectivity index (χ4n) is 2.32. The Hall–Kier alpha value is -3.44. The molecule has 3 aromatic carbocycles. The molecule has 7 nitrogen and oxygen atoms in total. The van der Waals surface area contributed by atoms with Crippen LogP contribution in [0.25, 0.3) is 5.69 Å². The summed E-state index contributed by atoms with van der Waals surface area (Å²) in [6.45, 7) is 0. The van der Waals surface area contributed by atoms with Gasteiger partial charge in [-0.05, 0) is 17.8 Å². The number of nitrogens with zero attached hydrogens (tertiary/aromatic N) is 2. The van der Waals surface area contributed by atoms with E-state index in [1.54, 1.807) is 43.5 Å². The first-order valence-electron chi connectivity index (χ1n) is 8.59. The van der Waals surface area contributed by atoms with Crippen LogP contribution in [0.4, 0.5) is 0 Å². The minimum absolute atomic E-state index is 0. The zero-order valence-electron chi connectivity index (χ0n) is 15.9. The van der Waals surface area contributed by atoms with Crippen LogP contribution in [-0.4, -0.2) is 21.9 Å². The largest absolute Gasteiger partial charge is 2.00 e. The van der Waals surface area contributed by atoms with E-state index in [1.807, 2.05) is 36.4 Å². The van der Waals surface area contributed by atoms with Gasteiger partial charge in [0, 0.05) is 0 Å². The van der Waals surface area contributed by atoms with Crippen LogP contribution in [0, 0.1) is 12.1 Å². The Bertz CT molecular complexity index is 1160. The number of hydrogen-bond acceptors (Lipinski definition) is 5. The zero-order chi connectivity index (χ0) is 20.5. The normalized spacial score (nSPS) is 9.50. The molecule has 4 aromatic rings. The summed E-state index contributed by atoms with van der Waals surface area (Å²) >= 11 is 0. The van der Waals surface area contributed by atoms with Crippen molar-refractivity contribution < 1.29 is 30.5 Å². The number of aromatic amines is 1. The Labute approximate surface area is 187 Å². The van der Waals surface area contributed by atoms with E-state index in [-0.39, 0.29) is 21.1 Å². The third-order valence-corrected chi connectivity index (χ3v) is 3.64. The maximum Gasteiger partial charge on any atom is 2.00 e. The molecule has 0 amide bonds. The van der Waals surface area contributed by atoms with Crippen molar-refractivity contribution in [2.75, 3.05) is 7.11 Å². The second-order valence-corrected chi connectivity index (χ2v) is 5.60. The number of rotatable bonds is 4. The van der Waals surface area contributed by atoms with Crippen LogP contribution in [0.3, 0.4) is 0 Å². The average molecular weight is 571 g/mol. The molecule has 0 aliphatic carbocycles. The molecule has 150 valence electrons. The summed E-state index contributed by atoms with van der Waals surface area (Å²) in [4.78, 5) is 24.1. The number of para-hydroxylation sites is 1. The van der Waals surface area contributed by atoms with Crippen molar-refractivity contribution in [3.63, 3.8) is 0 Å². The molecule has 0 aliphatic heterocycles. The monoisotopic (exact) mass is 571 g/mol. The van der Waals surface area contributed by atoms with Gasteiger partial charge in [-0.25, -0.2) is 9.48 Å². The number of methoxy groups -OCH3 is 1. The van der Waals surface area contributed by atoms with E-state index in [2.05, 4.69) is 22.2 Å². The Morgan fingerprint density at radius 1 is 0.933 bits per heavy atom. The summed E-state index contributed by atoms with van der Waals surface area (Å²) in [5.74, 6) is 2.17. The molecule has 0 bridgehead atoms. The van der Waals surface area contributed by atoms with E-state index >= 15 is 0 Å². The first kappa shape index (κ1) is 22.8. The Balaban J connectivity index is 0.000000207. The van der Waals surface area contributed by atoms with E-state index < -0.39 is 11.2 Å². The number of benzene rings is 3. The predicted octanol–water partition coefficient (Wildman–Crippen LogP) is 3.01. The van der Waals surface area contributed by atoms with Crippen molar-refractivity contribution >= 4 is 0 Å². The molecule has 4 rings (SSSR count). The van der Waals surface area contributed by atoms with Gasteiger partial charge in [0.15, 0.2) is 0 Å². The predicted molar refractivity (Wildman–Crippen MR) is 108 cm³/mol. The van der Waals surface area contributed by atoms with Crippen molar-refractivity contribution in [1.82, 2.24) is 14.8 Å². The summed E-state index contributed by atoms with van der Waals surface area (Å²) < 4.78 is 11.9. The summed E-state index contributed by atoms with van der Waals surface area (Å²) in [5, 5.41) is 3.69. The van der Waals surface area contributed by atoms with Crippen molar-refractivity contribution in [2.24, 2.45) is 0 Å². The number of ether oxygens (including phenoxy) is 2. The second kappa shape index (κ2) is 11.5. The first-order valence-corrected chi connectivity index (χ1v) is 8.59. The molecule has 1 aromatic heterocycles. The summed E-state index contributed by atoms with van der Waals surface area (Å²) in [7, 11) is 1.62. The van der Waals surface area contributed by atoms with Crippen LogP contribution < -0.4 is 20.7 Å². The number of H-pyrrole nitrogens is 1. The van der Waals surface area contributed by atoms with Crippen LogP contribution in [0.15, 0.2) is 88.6 Å². The maximum atomic E-state index is 11.3. The molecule has 0 atom stereocenters. The van der Waals surface area contributed by atoms with Crippen molar-refractivity contribution in [1.29, 1.82) is 0 Å². The minimum atomic E-state index is -0.552. The summed E-state index contributed by atoms with van der Waals surface area (Å²) in [6, 6.07) is 27.4. The molecule has 0 radical (unpaired) electrons. The molecule has 1 heterocycles. The van der Waals surface area contributed by atoms with E-state index in [1.165, 1.54) is 0 Å². The van der Waals surface area contributed by atoms with Gasteiger partial charge in [0.2, 0.25) is 0 Å². The van der Waals surface area contributed by atoms with Gasteiger partial charge in [-0.2, -0.15) is 35.4 Å². The second-order valence-electron chi connectivity index (χ2n) is 5.60. The molecular weight excluding hydrogens is 554 g/mol. The third-order valence-electron chi connectivity index (χ3n) is 3.64. The van der Waals surface area contributed by atoms with Gasteiger partial charge >= 0.3 is 26.8 Å². The Morgan fingerprint density at radius 2 is 1.63 bits per heavy atom. The smallest absolute Gasteiger partial charge is 0.519 e. The topological polar surface area (TPSA) is 86.2 Å². The van der Waals surface area contributed by atoms with Crippen LogP contribution >= 0.6 is 0 Å². The molecule has 8 heteroatoms. The van der Waals surface area contributed by atoms with Gasteiger partial charge < -0.3 is 9.47 Å². The van der Waals surface area contributed by atoms with Gasteiger partial charge in [-0.15, -0.1) is 24.3 Å². The van der Waals surface area contributed by atoms with Crippen LogP contribution in [0.2, 0.25) is 0 Å². The molecule has 0 spiro atoms. The number of aromatic nitrogens is 3. The molecule has 1 N–H and O–H groups in total. The van der Waals surface area contributed by atoms with Crippen LogP contribution in [0.5, 0.6) is 17.2 Å². The number of hydrogen-bond donors (Lipinski definition) is 1. The quantitative estimate of drug-likeness (QED) is 0.381. The van der Waals surface area contributed by atoms with Gasteiger partial charge in [-0.1, -0.05) is 18.2 Å². The Kier molecular flexibility index (Phi) is 8.78. The van der Waals surface area contributed by atoms with Gasteiger partial charge in [0.05, 0.1) is 18.6 Å². The van der Waals surface area contributed by atoms with E-state index in [9.17, 15) is 9.59 Å². The average Bonchev–Trinajstić information content (AvgIpc) is 2.76. The number of nitrogens with one attached hydrogen (secondary N) is 1. The summed E-state index contributed by atoms with van der Waals surface area (Å²) in [5.41, 5.74) is -0.470.